The number of anilines is 1. The molecule has 5 rings (SSSR count). The fraction of sp³-hybridized carbons (Fsp3) is 0.381. The van der Waals surface area contributed by atoms with Gasteiger partial charge in [-0.2, -0.15) is 0 Å². The Morgan fingerprint density at radius 1 is 1.11 bits per heavy atom. The van der Waals surface area contributed by atoms with Crippen molar-refractivity contribution in [3.63, 3.8) is 0 Å². The first-order chi connectivity index (χ1) is 13.8. The van der Waals surface area contributed by atoms with Crippen molar-refractivity contribution in [3.05, 3.63) is 59.8 Å². The summed E-state index contributed by atoms with van der Waals surface area (Å²) in [5.41, 5.74) is 2.44. The minimum atomic E-state index is 0.303. The summed E-state index contributed by atoms with van der Waals surface area (Å²) in [4.78, 5) is 7.11. The maximum Gasteiger partial charge on any atom is 0.231 e. The molecule has 0 N–H and O–H groups in total. The quantitative estimate of drug-likeness (QED) is 0.697. The molecule has 0 radical (unpaired) electrons. The number of fused-ring (bicyclic) bond motifs is 1. The van der Waals surface area contributed by atoms with E-state index in [-0.39, 0.29) is 0 Å². The van der Waals surface area contributed by atoms with Crippen molar-refractivity contribution in [2.45, 2.75) is 25.2 Å². The zero-order chi connectivity index (χ0) is 18.9. The van der Waals surface area contributed by atoms with E-state index in [4.69, 9.17) is 14.5 Å². The van der Waals surface area contributed by atoms with Gasteiger partial charge in [0.25, 0.3) is 0 Å². The first kappa shape index (κ1) is 17.0. The number of piperidine rings is 1. The van der Waals surface area contributed by atoms with E-state index >= 15 is 0 Å². The highest BCUT2D eigenvalue weighted by Crippen LogP contribution is 2.34. The molecule has 0 amide bonds. The van der Waals surface area contributed by atoms with Crippen LogP contribution in [0.1, 0.15) is 35.7 Å². The van der Waals surface area contributed by atoms with Crippen LogP contribution in [0.25, 0.3) is 0 Å². The Hall–Kier alpha value is -3.09. The van der Waals surface area contributed by atoms with Gasteiger partial charge in [0.15, 0.2) is 11.5 Å². The minimum absolute atomic E-state index is 0.303. The van der Waals surface area contributed by atoms with E-state index in [9.17, 15) is 0 Å². The van der Waals surface area contributed by atoms with Crippen LogP contribution in [0.2, 0.25) is 0 Å². The van der Waals surface area contributed by atoms with E-state index in [1.807, 2.05) is 29.9 Å². The van der Waals surface area contributed by atoms with Gasteiger partial charge in [0.1, 0.15) is 18.0 Å². The molecule has 0 atom stereocenters. The van der Waals surface area contributed by atoms with Gasteiger partial charge in [-0.1, -0.05) is 12.1 Å². The van der Waals surface area contributed by atoms with Gasteiger partial charge in [-0.25, -0.2) is 4.98 Å². The van der Waals surface area contributed by atoms with Crippen LogP contribution in [0, 0.1) is 0 Å². The molecule has 4 heterocycles. The molecule has 144 valence electrons. The van der Waals surface area contributed by atoms with Gasteiger partial charge in [0.2, 0.25) is 6.79 Å². The van der Waals surface area contributed by atoms with Crippen LogP contribution in [0.3, 0.4) is 0 Å². The highest BCUT2D eigenvalue weighted by Gasteiger charge is 2.25. The van der Waals surface area contributed by atoms with Crippen molar-refractivity contribution in [2.24, 2.45) is 7.05 Å². The fourth-order valence-corrected chi connectivity index (χ4v) is 4.14. The van der Waals surface area contributed by atoms with E-state index in [1.54, 1.807) is 6.33 Å². The summed E-state index contributed by atoms with van der Waals surface area (Å²) in [6, 6.07) is 10.3. The predicted octanol–water partition coefficient (Wildman–Crippen LogP) is 2.91. The second-order valence-electron chi connectivity index (χ2n) is 7.41. The number of benzene rings is 1. The average Bonchev–Trinajstić information content (AvgIpc) is 3.37. The number of pyridine rings is 1. The van der Waals surface area contributed by atoms with Gasteiger partial charge in [0.05, 0.1) is 0 Å². The Morgan fingerprint density at radius 2 is 1.96 bits per heavy atom. The largest absolute Gasteiger partial charge is 0.454 e. The summed E-state index contributed by atoms with van der Waals surface area (Å²) in [7, 11) is 2.02. The number of aryl methyl sites for hydroxylation is 1. The standard InChI is InChI=1S/C21H23N5O2/c1-25-13-23-24-21(25)16-6-9-26(10-7-16)20-17(3-2-8-22-20)11-15-4-5-18-19(12-15)28-14-27-18/h2-5,8,12-13,16H,6-7,9-11,14H2,1H3. The molecule has 0 spiro atoms. The molecule has 2 aromatic heterocycles. The molecular formula is C21H23N5O2. The summed E-state index contributed by atoms with van der Waals surface area (Å²) in [6.07, 6.45) is 6.61. The van der Waals surface area contributed by atoms with Gasteiger partial charge in [0, 0.05) is 38.7 Å². The molecule has 7 heteroatoms. The molecule has 1 fully saturated rings. The molecule has 0 aliphatic carbocycles. The zero-order valence-electron chi connectivity index (χ0n) is 15.9. The van der Waals surface area contributed by atoms with Crippen LogP contribution in [-0.4, -0.2) is 39.6 Å². The number of hydrogen-bond donors (Lipinski definition) is 0. The minimum Gasteiger partial charge on any atom is -0.454 e. The average molecular weight is 377 g/mol. The Balaban J connectivity index is 1.32. The predicted molar refractivity (Wildman–Crippen MR) is 105 cm³/mol. The molecule has 7 nitrogen and oxygen atoms in total. The first-order valence-corrected chi connectivity index (χ1v) is 9.69. The SMILES string of the molecule is Cn1cnnc1C1CCN(c2ncccc2Cc2ccc3c(c2)OCO3)CC1. The molecule has 0 unspecified atom stereocenters. The van der Waals surface area contributed by atoms with Gasteiger partial charge in [-0.15, -0.1) is 10.2 Å². The lowest BCUT2D eigenvalue weighted by atomic mass is 9.95. The van der Waals surface area contributed by atoms with Crippen LogP contribution < -0.4 is 14.4 Å². The number of ether oxygens (including phenoxy) is 2. The Morgan fingerprint density at radius 3 is 2.79 bits per heavy atom. The van der Waals surface area contributed by atoms with E-state index in [0.29, 0.717) is 12.7 Å². The number of aromatic nitrogens is 4. The molecule has 28 heavy (non-hydrogen) atoms. The van der Waals surface area contributed by atoms with Crippen molar-refractivity contribution in [1.82, 2.24) is 19.7 Å². The van der Waals surface area contributed by atoms with Crippen molar-refractivity contribution in [1.29, 1.82) is 0 Å². The lowest BCUT2D eigenvalue weighted by Crippen LogP contribution is -2.34. The Bertz CT molecular complexity index is 978. The topological polar surface area (TPSA) is 65.3 Å². The number of rotatable bonds is 4. The van der Waals surface area contributed by atoms with Gasteiger partial charge in [-0.05, 0) is 42.2 Å². The molecule has 0 bridgehead atoms. The van der Waals surface area contributed by atoms with Gasteiger partial charge >= 0.3 is 0 Å². The molecular weight excluding hydrogens is 354 g/mol. The summed E-state index contributed by atoms with van der Waals surface area (Å²) < 4.78 is 13.0. The number of nitrogens with zero attached hydrogens (tertiary/aromatic N) is 5. The lowest BCUT2D eigenvalue weighted by Gasteiger charge is -2.33. The first-order valence-electron chi connectivity index (χ1n) is 9.69. The van der Waals surface area contributed by atoms with Crippen LogP contribution >= 0.6 is 0 Å². The smallest absolute Gasteiger partial charge is 0.231 e. The normalized spacial score (nSPS) is 16.5. The molecule has 0 saturated carbocycles. The summed E-state index contributed by atoms with van der Waals surface area (Å²) >= 11 is 0. The Labute approximate surface area is 163 Å². The molecule has 1 saturated heterocycles. The van der Waals surface area contributed by atoms with Crippen LogP contribution in [-0.2, 0) is 13.5 Å². The van der Waals surface area contributed by atoms with Crippen LogP contribution in [0.15, 0.2) is 42.9 Å². The fourth-order valence-electron chi connectivity index (χ4n) is 4.14. The highest BCUT2D eigenvalue weighted by molar-refractivity contribution is 5.51. The van der Waals surface area contributed by atoms with Crippen LogP contribution in [0.5, 0.6) is 11.5 Å². The summed E-state index contributed by atoms with van der Waals surface area (Å²) in [5, 5.41) is 8.32. The van der Waals surface area contributed by atoms with E-state index in [0.717, 1.165) is 55.5 Å². The van der Waals surface area contributed by atoms with Crippen molar-refractivity contribution in [3.8, 4) is 11.5 Å². The van der Waals surface area contributed by atoms with Crippen molar-refractivity contribution in [2.75, 3.05) is 24.8 Å². The highest BCUT2D eigenvalue weighted by atomic mass is 16.7. The molecule has 3 aromatic rings. The maximum absolute atomic E-state index is 5.52. The third-order valence-corrected chi connectivity index (χ3v) is 5.61. The zero-order valence-corrected chi connectivity index (χ0v) is 15.9. The lowest BCUT2D eigenvalue weighted by molar-refractivity contribution is 0.174. The third kappa shape index (κ3) is 3.17. The van der Waals surface area contributed by atoms with E-state index in [2.05, 4.69) is 33.3 Å². The van der Waals surface area contributed by atoms with E-state index < -0.39 is 0 Å². The summed E-state index contributed by atoms with van der Waals surface area (Å²) in [5.74, 6) is 4.27. The molecule has 2 aliphatic heterocycles. The number of hydrogen-bond acceptors (Lipinski definition) is 6. The van der Waals surface area contributed by atoms with Gasteiger partial charge < -0.3 is 18.9 Å². The Kier molecular flexibility index (Phi) is 4.35. The molecule has 1 aromatic carbocycles. The maximum atomic E-state index is 5.52. The van der Waals surface area contributed by atoms with Crippen molar-refractivity contribution >= 4 is 5.82 Å². The van der Waals surface area contributed by atoms with E-state index in [1.165, 1.54) is 11.1 Å². The summed E-state index contributed by atoms with van der Waals surface area (Å²) in [6.45, 7) is 2.25. The monoisotopic (exact) mass is 377 g/mol. The second-order valence-corrected chi connectivity index (χ2v) is 7.41. The van der Waals surface area contributed by atoms with Crippen molar-refractivity contribution < 1.29 is 9.47 Å². The van der Waals surface area contributed by atoms with Gasteiger partial charge in [-0.3, -0.25) is 0 Å². The second kappa shape index (κ2) is 7.14. The molecule has 2 aliphatic rings. The third-order valence-electron chi connectivity index (χ3n) is 5.61. The van der Waals surface area contributed by atoms with Crippen LogP contribution in [0.4, 0.5) is 5.82 Å².